The lowest BCUT2D eigenvalue weighted by molar-refractivity contribution is 0.0927. The Morgan fingerprint density at radius 2 is 1.79 bits per heavy atom. The molecule has 1 aliphatic carbocycles. The zero-order chi connectivity index (χ0) is 14.0. The monoisotopic (exact) mass is 258 g/mol. The third-order valence-electron chi connectivity index (χ3n) is 4.78. The molecule has 0 bridgehead atoms. The summed E-state index contributed by atoms with van der Waals surface area (Å²) in [6.45, 7) is 8.76. The van der Waals surface area contributed by atoms with Gasteiger partial charge in [-0.05, 0) is 35.7 Å². The smallest absolute Gasteiger partial charge is 0.163 e. The van der Waals surface area contributed by atoms with Crippen molar-refractivity contribution < 1.29 is 4.79 Å². The van der Waals surface area contributed by atoms with Crippen LogP contribution in [0.4, 0.5) is 0 Å². The summed E-state index contributed by atoms with van der Waals surface area (Å²) < 4.78 is 0. The molecule has 0 N–H and O–H groups in total. The Balaban J connectivity index is 1.99. The molecule has 1 fully saturated rings. The molecule has 1 aliphatic rings. The summed E-state index contributed by atoms with van der Waals surface area (Å²) in [4.78, 5) is 12.3. The van der Waals surface area contributed by atoms with Crippen molar-refractivity contribution in [1.29, 1.82) is 0 Å². The van der Waals surface area contributed by atoms with Gasteiger partial charge in [0.2, 0.25) is 0 Å². The molecule has 0 aliphatic heterocycles. The Morgan fingerprint density at radius 3 is 2.21 bits per heavy atom. The van der Waals surface area contributed by atoms with Gasteiger partial charge in [-0.15, -0.1) is 0 Å². The Kier molecular flexibility index (Phi) is 4.13. The number of benzene rings is 1. The highest BCUT2D eigenvalue weighted by atomic mass is 16.1. The quantitative estimate of drug-likeness (QED) is 0.678. The molecule has 1 aromatic rings. The number of ketones is 1. The maximum Gasteiger partial charge on any atom is 0.163 e. The zero-order valence-electron chi connectivity index (χ0n) is 12.7. The molecule has 1 atom stereocenters. The first-order valence-corrected chi connectivity index (χ1v) is 7.51. The summed E-state index contributed by atoms with van der Waals surface area (Å²) in [6.07, 6.45) is 4.63. The van der Waals surface area contributed by atoms with Crippen LogP contribution in [0.25, 0.3) is 0 Å². The van der Waals surface area contributed by atoms with Crippen molar-refractivity contribution in [1.82, 2.24) is 0 Å². The maximum atomic E-state index is 12.3. The molecule has 0 spiro atoms. The molecule has 2 rings (SSSR count). The number of hydrogen-bond acceptors (Lipinski definition) is 1. The van der Waals surface area contributed by atoms with Crippen LogP contribution in [0, 0.1) is 11.3 Å². The molecule has 0 amide bonds. The lowest BCUT2D eigenvalue weighted by atomic mass is 9.78. The predicted molar refractivity (Wildman–Crippen MR) is 80.6 cm³/mol. The number of carbonyl (C=O) groups is 1. The van der Waals surface area contributed by atoms with Crippen LogP contribution >= 0.6 is 0 Å². The van der Waals surface area contributed by atoms with Crippen LogP contribution in [0.15, 0.2) is 24.3 Å². The molecule has 0 radical (unpaired) electrons. The molecule has 19 heavy (non-hydrogen) atoms. The fourth-order valence-electron chi connectivity index (χ4n) is 2.38. The van der Waals surface area contributed by atoms with E-state index < -0.39 is 0 Å². The second-order valence-electron chi connectivity index (χ2n) is 7.14. The average Bonchev–Trinajstić information content (AvgIpc) is 2.26. The second kappa shape index (κ2) is 5.48. The highest BCUT2D eigenvalue weighted by Crippen LogP contribution is 2.36. The summed E-state index contributed by atoms with van der Waals surface area (Å²) >= 11 is 0. The van der Waals surface area contributed by atoms with E-state index in [9.17, 15) is 4.79 Å². The Bertz CT molecular complexity index is 432. The lowest BCUT2D eigenvalue weighted by Gasteiger charge is -2.27. The van der Waals surface area contributed by atoms with Crippen LogP contribution in [0.1, 0.15) is 75.2 Å². The fourth-order valence-corrected chi connectivity index (χ4v) is 2.38. The van der Waals surface area contributed by atoms with E-state index in [0.717, 1.165) is 11.5 Å². The van der Waals surface area contributed by atoms with Crippen molar-refractivity contribution in [2.75, 3.05) is 0 Å². The van der Waals surface area contributed by atoms with Crippen molar-refractivity contribution in [2.45, 2.75) is 59.3 Å². The van der Waals surface area contributed by atoms with Crippen molar-refractivity contribution >= 4 is 5.78 Å². The van der Waals surface area contributed by atoms with Gasteiger partial charge in [-0.2, -0.15) is 0 Å². The van der Waals surface area contributed by atoms with Gasteiger partial charge in [-0.3, -0.25) is 4.79 Å². The van der Waals surface area contributed by atoms with E-state index in [1.165, 1.54) is 24.8 Å². The Morgan fingerprint density at radius 1 is 1.21 bits per heavy atom. The van der Waals surface area contributed by atoms with E-state index >= 15 is 0 Å². The van der Waals surface area contributed by atoms with E-state index in [1.807, 2.05) is 12.1 Å². The van der Waals surface area contributed by atoms with E-state index in [0.29, 0.717) is 12.3 Å². The third kappa shape index (κ3) is 3.46. The zero-order valence-corrected chi connectivity index (χ0v) is 12.7. The topological polar surface area (TPSA) is 17.1 Å². The molecule has 0 aromatic heterocycles. The van der Waals surface area contributed by atoms with Gasteiger partial charge >= 0.3 is 0 Å². The van der Waals surface area contributed by atoms with Gasteiger partial charge in [0.1, 0.15) is 0 Å². The summed E-state index contributed by atoms with van der Waals surface area (Å²) in [5, 5.41) is 0. The van der Waals surface area contributed by atoms with E-state index in [1.54, 1.807) is 0 Å². The van der Waals surface area contributed by atoms with E-state index in [2.05, 4.69) is 39.8 Å². The number of rotatable bonds is 4. The van der Waals surface area contributed by atoms with Gasteiger partial charge in [0, 0.05) is 12.0 Å². The van der Waals surface area contributed by atoms with Crippen LogP contribution < -0.4 is 0 Å². The highest BCUT2D eigenvalue weighted by Gasteiger charge is 2.23. The minimum atomic E-state index is 0.196. The fraction of sp³-hybridized carbons (Fsp3) is 0.611. The highest BCUT2D eigenvalue weighted by molar-refractivity contribution is 5.96. The first-order chi connectivity index (χ1) is 8.88. The Labute approximate surface area is 117 Å². The molecular weight excluding hydrogens is 232 g/mol. The average molecular weight is 258 g/mol. The minimum Gasteiger partial charge on any atom is -0.294 e. The molecule has 1 nitrogen and oxygen atoms in total. The number of Topliss-reactive ketones (excluding diaryl/α,β-unsaturated/α-hetero) is 1. The van der Waals surface area contributed by atoms with E-state index in [4.69, 9.17) is 0 Å². The SMILES string of the molecule is CC(CC(=O)c1ccc(C2CCC2)cc1)C(C)(C)C. The lowest BCUT2D eigenvalue weighted by Crippen LogP contribution is -2.20. The molecule has 1 heteroatoms. The van der Waals surface area contributed by atoms with Crippen molar-refractivity contribution in [3.63, 3.8) is 0 Å². The first kappa shape index (κ1) is 14.3. The largest absolute Gasteiger partial charge is 0.294 e. The molecule has 1 aromatic carbocycles. The molecule has 1 unspecified atom stereocenters. The van der Waals surface area contributed by atoms with Crippen LogP contribution in [0.3, 0.4) is 0 Å². The number of hydrogen-bond donors (Lipinski definition) is 0. The van der Waals surface area contributed by atoms with Gasteiger partial charge < -0.3 is 0 Å². The normalized spacial score (nSPS) is 17.9. The molecular formula is C18H26O. The standard InChI is InChI=1S/C18H26O/c1-13(18(2,3)4)12-17(19)16-10-8-15(9-11-16)14-6-5-7-14/h8-11,13-14H,5-7,12H2,1-4H3. The molecule has 0 saturated heterocycles. The minimum absolute atomic E-state index is 0.196. The molecule has 0 heterocycles. The van der Waals surface area contributed by atoms with Gasteiger partial charge in [0.25, 0.3) is 0 Å². The second-order valence-corrected chi connectivity index (χ2v) is 7.14. The summed E-state index contributed by atoms with van der Waals surface area (Å²) in [5.74, 6) is 1.44. The van der Waals surface area contributed by atoms with Crippen LogP contribution in [0.5, 0.6) is 0 Å². The van der Waals surface area contributed by atoms with E-state index in [-0.39, 0.29) is 11.2 Å². The summed E-state index contributed by atoms with van der Waals surface area (Å²) in [7, 11) is 0. The summed E-state index contributed by atoms with van der Waals surface area (Å²) in [5.41, 5.74) is 2.48. The molecule has 104 valence electrons. The van der Waals surface area contributed by atoms with Gasteiger partial charge in [0.15, 0.2) is 5.78 Å². The van der Waals surface area contributed by atoms with Gasteiger partial charge in [-0.25, -0.2) is 0 Å². The summed E-state index contributed by atoms with van der Waals surface area (Å²) in [6, 6.07) is 8.34. The van der Waals surface area contributed by atoms with Crippen molar-refractivity contribution in [3.8, 4) is 0 Å². The van der Waals surface area contributed by atoms with Crippen LogP contribution in [-0.4, -0.2) is 5.78 Å². The predicted octanol–water partition coefficient (Wildman–Crippen LogP) is 5.21. The van der Waals surface area contributed by atoms with Crippen molar-refractivity contribution in [3.05, 3.63) is 35.4 Å². The van der Waals surface area contributed by atoms with Gasteiger partial charge in [-0.1, -0.05) is 58.4 Å². The Hall–Kier alpha value is -1.11. The first-order valence-electron chi connectivity index (χ1n) is 7.51. The maximum absolute atomic E-state index is 12.3. The third-order valence-corrected chi connectivity index (χ3v) is 4.78. The number of carbonyl (C=O) groups excluding carboxylic acids is 1. The van der Waals surface area contributed by atoms with Crippen LogP contribution in [-0.2, 0) is 0 Å². The van der Waals surface area contributed by atoms with Crippen LogP contribution in [0.2, 0.25) is 0 Å². The van der Waals surface area contributed by atoms with Gasteiger partial charge in [0.05, 0.1) is 0 Å². The van der Waals surface area contributed by atoms with Crippen molar-refractivity contribution in [2.24, 2.45) is 11.3 Å². The molecule has 1 saturated carbocycles.